The molecule has 3 aromatic carbocycles. The molecule has 0 fully saturated rings. The lowest BCUT2D eigenvalue weighted by atomic mass is 10.1. The van der Waals surface area contributed by atoms with Crippen molar-refractivity contribution in [3.8, 4) is 17.1 Å². The molecule has 1 atom stereocenters. The van der Waals surface area contributed by atoms with Crippen molar-refractivity contribution in [3.05, 3.63) is 120 Å². The Hall–Kier alpha value is -4.58. The van der Waals surface area contributed by atoms with Crippen LogP contribution in [0.2, 0.25) is 0 Å². The predicted molar refractivity (Wildman–Crippen MR) is 158 cm³/mol. The Labute approximate surface area is 244 Å². The molecule has 11 heteroatoms. The Kier molecular flexibility index (Phi) is 9.55. The van der Waals surface area contributed by atoms with Crippen LogP contribution in [0.5, 0.6) is 5.75 Å². The van der Waals surface area contributed by atoms with E-state index in [4.69, 9.17) is 9.26 Å². The van der Waals surface area contributed by atoms with Gasteiger partial charge >= 0.3 is 0 Å². The zero-order chi connectivity index (χ0) is 29.2. The molecule has 42 heavy (non-hydrogen) atoms. The van der Waals surface area contributed by atoms with Gasteiger partial charge in [-0.3, -0.25) is 9.71 Å². The second-order valence-electron chi connectivity index (χ2n) is 9.51. The van der Waals surface area contributed by atoms with Crippen molar-refractivity contribution in [1.82, 2.24) is 20.4 Å². The Morgan fingerprint density at radius 1 is 0.905 bits per heavy atom. The van der Waals surface area contributed by atoms with Crippen LogP contribution >= 0.6 is 0 Å². The average molecular weight is 586 g/mol. The standard InChI is InChI=1S/C31H31N5O5S/c37-29(25-5-4-18-32-21-25)22-33-19-16-23-8-12-26(13-9-23)36-42(38,39)28-14-10-24(11-15-28)31-34-30(41-35-31)17-20-40-27-6-2-1-3-7-27/h1-15,18,21,29,33,36-37H,16-17,19-20,22H2. The van der Waals surface area contributed by atoms with Crippen molar-refractivity contribution in [1.29, 1.82) is 0 Å². The van der Waals surface area contributed by atoms with Crippen LogP contribution in [0.25, 0.3) is 11.4 Å². The van der Waals surface area contributed by atoms with Crippen molar-refractivity contribution >= 4 is 15.7 Å². The average Bonchev–Trinajstić information content (AvgIpc) is 3.50. The van der Waals surface area contributed by atoms with Gasteiger partial charge in [-0.1, -0.05) is 41.6 Å². The Balaban J connectivity index is 1.09. The number of para-hydroxylation sites is 1. The van der Waals surface area contributed by atoms with E-state index < -0.39 is 16.1 Å². The van der Waals surface area contributed by atoms with Gasteiger partial charge in [-0.2, -0.15) is 4.98 Å². The summed E-state index contributed by atoms with van der Waals surface area (Å²) in [5.74, 6) is 1.57. The largest absolute Gasteiger partial charge is 0.493 e. The molecule has 1 unspecified atom stereocenters. The number of nitrogens with one attached hydrogen (secondary N) is 2. The molecular formula is C31H31N5O5S. The molecule has 0 amide bonds. The molecule has 216 valence electrons. The molecule has 5 aromatic rings. The summed E-state index contributed by atoms with van der Waals surface area (Å²) in [6, 6.07) is 26.6. The van der Waals surface area contributed by atoms with Crippen LogP contribution in [0.3, 0.4) is 0 Å². The second-order valence-corrected chi connectivity index (χ2v) is 11.2. The van der Waals surface area contributed by atoms with Gasteiger partial charge in [0, 0.05) is 35.8 Å². The van der Waals surface area contributed by atoms with Crippen molar-refractivity contribution in [2.45, 2.75) is 23.8 Å². The molecule has 10 nitrogen and oxygen atoms in total. The quantitative estimate of drug-likeness (QED) is 0.162. The summed E-state index contributed by atoms with van der Waals surface area (Å²) in [5, 5.41) is 17.4. The Bertz CT molecular complexity index is 1650. The van der Waals surface area contributed by atoms with E-state index in [2.05, 4.69) is 25.2 Å². The number of hydrogen-bond donors (Lipinski definition) is 3. The molecular weight excluding hydrogens is 554 g/mol. The highest BCUT2D eigenvalue weighted by molar-refractivity contribution is 7.92. The maximum absolute atomic E-state index is 13.0. The maximum Gasteiger partial charge on any atom is 0.261 e. The molecule has 0 saturated carbocycles. The van der Waals surface area contributed by atoms with Crippen molar-refractivity contribution in [3.63, 3.8) is 0 Å². The third-order valence-electron chi connectivity index (χ3n) is 6.42. The SMILES string of the molecule is O=S(=O)(Nc1ccc(CCNCC(O)c2cccnc2)cc1)c1ccc(-c2noc(CCOc3ccccc3)n2)cc1. The van der Waals surface area contributed by atoms with Crippen LogP contribution in [0.15, 0.2) is 113 Å². The number of ether oxygens (including phenoxy) is 1. The number of anilines is 1. The Morgan fingerprint density at radius 3 is 2.43 bits per heavy atom. The molecule has 0 bridgehead atoms. The lowest BCUT2D eigenvalue weighted by molar-refractivity contribution is 0.174. The summed E-state index contributed by atoms with van der Waals surface area (Å²) >= 11 is 0. The summed E-state index contributed by atoms with van der Waals surface area (Å²) < 4.78 is 39.5. The summed E-state index contributed by atoms with van der Waals surface area (Å²) in [6.07, 6.45) is 3.87. The molecule has 0 aliphatic rings. The van der Waals surface area contributed by atoms with Crippen LogP contribution in [0.4, 0.5) is 5.69 Å². The first-order valence-electron chi connectivity index (χ1n) is 13.5. The molecule has 0 saturated heterocycles. The minimum atomic E-state index is -3.79. The van der Waals surface area contributed by atoms with E-state index in [1.54, 1.807) is 42.7 Å². The fraction of sp³-hybridized carbons (Fsp3) is 0.194. The molecule has 0 radical (unpaired) electrons. The number of nitrogens with zero attached hydrogens (tertiary/aromatic N) is 3. The van der Waals surface area contributed by atoms with Gasteiger partial charge in [0.2, 0.25) is 11.7 Å². The van der Waals surface area contributed by atoms with E-state index in [0.717, 1.165) is 23.3 Å². The zero-order valence-corrected chi connectivity index (χ0v) is 23.6. The Morgan fingerprint density at radius 2 is 1.69 bits per heavy atom. The van der Waals surface area contributed by atoms with Crippen molar-refractivity contribution < 1.29 is 22.8 Å². The highest BCUT2D eigenvalue weighted by Gasteiger charge is 2.16. The van der Waals surface area contributed by atoms with Crippen LogP contribution in [-0.2, 0) is 22.9 Å². The smallest absolute Gasteiger partial charge is 0.261 e. The van der Waals surface area contributed by atoms with Gasteiger partial charge in [-0.05, 0) is 73.1 Å². The van der Waals surface area contributed by atoms with Gasteiger partial charge in [0.25, 0.3) is 10.0 Å². The maximum atomic E-state index is 13.0. The van der Waals surface area contributed by atoms with E-state index in [-0.39, 0.29) is 4.90 Å². The van der Waals surface area contributed by atoms with Crippen LogP contribution in [0, 0.1) is 0 Å². The molecule has 2 aromatic heterocycles. The first kappa shape index (κ1) is 28.9. The number of benzene rings is 3. The van der Waals surface area contributed by atoms with Gasteiger partial charge in [0.05, 0.1) is 24.0 Å². The number of hydrogen-bond acceptors (Lipinski definition) is 9. The number of aromatic nitrogens is 3. The number of pyridine rings is 1. The minimum Gasteiger partial charge on any atom is -0.493 e. The normalized spacial score (nSPS) is 12.1. The molecule has 0 spiro atoms. The van der Waals surface area contributed by atoms with Gasteiger partial charge in [0.15, 0.2) is 0 Å². The molecule has 0 aliphatic heterocycles. The van der Waals surface area contributed by atoms with Crippen molar-refractivity contribution in [2.75, 3.05) is 24.4 Å². The molecule has 3 N–H and O–H groups in total. The van der Waals surface area contributed by atoms with E-state index in [9.17, 15) is 13.5 Å². The number of rotatable bonds is 14. The van der Waals surface area contributed by atoms with E-state index in [1.807, 2.05) is 48.5 Å². The van der Waals surface area contributed by atoms with E-state index in [1.165, 1.54) is 12.1 Å². The first-order valence-corrected chi connectivity index (χ1v) is 15.0. The van der Waals surface area contributed by atoms with Crippen LogP contribution in [-0.4, -0.2) is 48.3 Å². The third kappa shape index (κ3) is 8.00. The molecule has 2 heterocycles. The molecule has 0 aliphatic carbocycles. The van der Waals surface area contributed by atoms with Gasteiger partial charge in [-0.15, -0.1) is 0 Å². The van der Waals surface area contributed by atoms with Gasteiger partial charge in [0.1, 0.15) is 5.75 Å². The second kappa shape index (κ2) is 13.9. The van der Waals surface area contributed by atoms with Crippen LogP contribution < -0.4 is 14.8 Å². The van der Waals surface area contributed by atoms with E-state index >= 15 is 0 Å². The fourth-order valence-corrected chi connectivity index (χ4v) is 5.20. The third-order valence-corrected chi connectivity index (χ3v) is 7.82. The summed E-state index contributed by atoms with van der Waals surface area (Å²) in [7, 11) is -3.79. The fourth-order valence-electron chi connectivity index (χ4n) is 4.15. The van der Waals surface area contributed by atoms with Crippen molar-refractivity contribution in [2.24, 2.45) is 0 Å². The first-order chi connectivity index (χ1) is 20.5. The molecule has 5 rings (SSSR count). The monoisotopic (exact) mass is 585 g/mol. The minimum absolute atomic E-state index is 0.117. The van der Waals surface area contributed by atoms with Crippen LogP contribution in [0.1, 0.15) is 23.1 Å². The number of aliphatic hydroxyl groups excluding tert-OH is 1. The van der Waals surface area contributed by atoms with Gasteiger partial charge in [-0.25, -0.2) is 8.42 Å². The summed E-state index contributed by atoms with van der Waals surface area (Å²) in [4.78, 5) is 8.52. The van der Waals surface area contributed by atoms with E-state index in [0.29, 0.717) is 49.1 Å². The lowest BCUT2D eigenvalue weighted by Crippen LogP contribution is -2.23. The topological polar surface area (TPSA) is 139 Å². The predicted octanol–water partition coefficient (Wildman–Crippen LogP) is 4.42. The highest BCUT2D eigenvalue weighted by atomic mass is 32.2. The number of aliphatic hydroxyl groups is 1. The summed E-state index contributed by atoms with van der Waals surface area (Å²) in [5.41, 5.74) is 2.90. The van der Waals surface area contributed by atoms with Gasteiger partial charge < -0.3 is 19.7 Å². The summed E-state index contributed by atoms with van der Waals surface area (Å²) in [6.45, 7) is 1.47. The zero-order valence-electron chi connectivity index (χ0n) is 22.8. The number of sulfonamides is 1. The lowest BCUT2D eigenvalue weighted by Gasteiger charge is -2.12. The highest BCUT2D eigenvalue weighted by Crippen LogP contribution is 2.22.